The molecule has 2 aliphatic heterocycles. The van der Waals surface area contributed by atoms with Crippen molar-refractivity contribution < 1.29 is 4.39 Å². The van der Waals surface area contributed by atoms with Crippen molar-refractivity contribution in [3.63, 3.8) is 0 Å². The van der Waals surface area contributed by atoms with E-state index in [2.05, 4.69) is 34.7 Å². The van der Waals surface area contributed by atoms with Gasteiger partial charge in [0.05, 0.1) is 11.2 Å². The zero-order chi connectivity index (χ0) is 23.7. The molecule has 2 aromatic heterocycles. The Bertz CT molecular complexity index is 1390. The molecule has 0 radical (unpaired) electrons. The van der Waals surface area contributed by atoms with Gasteiger partial charge in [-0.05, 0) is 42.8 Å². The smallest absolute Gasteiger partial charge is 0.270 e. The summed E-state index contributed by atoms with van der Waals surface area (Å²) in [7, 11) is 1.65. The van der Waals surface area contributed by atoms with Crippen molar-refractivity contribution in [3.8, 4) is 6.07 Å². The monoisotopic (exact) mass is 465 g/mol. The molecule has 0 spiro atoms. The second-order valence-corrected chi connectivity index (χ2v) is 10.4. The molecule has 4 heterocycles. The van der Waals surface area contributed by atoms with Crippen LogP contribution in [0, 0.1) is 34.9 Å². The van der Waals surface area contributed by atoms with Crippen LogP contribution in [0.25, 0.3) is 11.0 Å². The molecule has 0 amide bonds. The first-order valence-corrected chi connectivity index (χ1v) is 11.3. The minimum absolute atomic E-state index is 0.0955. The molecule has 0 saturated carbocycles. The van der Waals surface area contributed by atoms with E-state index in [1.807, 2.05) is 13.0 Å². The van der Waals surface area contributed by atoms with Gasteiger partial charge in [-0.25, -0.2) is 9.37 Å². The van der Waals surface area contributed by atoms with E-state index in [1.54, 1.807) is 25.2 Å². The van der Waals surface area contributed by atoms with Crippen LogP contribution in [0.3, 0.4) is 0 Å². The largest absolute Gasteiger partial charge is 0.370 e. The zero-order valence-electron chi connectivity index (χ0n) is 19.1. The molecule has 33 heavy (non-hydrogen) atoms. The predicted molar refractivity (Wildman–Crippen MR) is 128 cm³/mol. The molecule has 2 atom stereocenters. The fourth-order valence-electron chi connectivity index (χ4n) is 5.74. The molecule has 0 N–H and O–H groups in total. The van der Waals surface area contributed by atoms with Crippen molar-refractivity contribution in [3.05, 3.63) is 62.8 Å². The minimum Gasteiger partial charge on any atom is -0.370 e. The van der Waals surface area contributed by atoms with E-state index in [0.717, 1.165) is 24.3 Å². The minimum atomic E-state index is -0.333. The molecule has 3 aromatic rings. The third-order valence-corrected chi connectivity index (χ3v) is 7.94. The maximum atomic E-state index is 13.6. The van der Waals surface area contributed by atoms with Crippen LogP contribution >= 0.6 is 11.6 Å². The van der Waals surface area contributed by atoms with Crippen molar-refractivity contribution in [1.29, 1.82) is 5.26 Å². The summed E-state index contributed by atoms with van der Waals surface area (Å²) in [5.41, 5.74) is 3.30. The highest BCUT2D eigenvalue weighted by Crippen LogP contribution is 2.54. The summed E-state index contributed by atoms with van der Waals surface area (Å²) in [6, 6.07) is 10.5. The predicted octanol–water partition coefficient (Wildman–Crippen LogP) is 4.26. The first kappa shape index (κ1) is 21.7. The lowest BCUT2D eigenvalue weighted by molar-refractivity contribution is 0.212. The molecule has 2 saturated heterocycles. The van der Waals surface area contributed by atoms with Crippen LogP contribution in [-0.4, -0.2) is 35.7 Å². The summed E-state index contributed by atoms with van der Waals surface area (Å²) in [5, 5.41) is 10.2. The Labute approximate surface area is 196 Å². The van der Waals surface area contributed by atoms with E-state index < -0.39 is 0 Å². The van der Waals surface area contributed by atoms with Gasteiger partial charge in [0.25, 0.3) is 5.56 Å². The van der Waals surface area contributed by atoms with Crippen molar-refractivity contribution in [2.24, 2.45) is 17.9 Å². The molecule has 170 valence electrons. The molecule has 2 fully saturated rings. The summed E-state index contributed by atoms with van der Waals surface area (Å²) in [6.07, 6.45) is 0. The summed E-state index contributed by atoms with van der Waals surface area (Å²) >= 11 is 6.22. The number of nitrogens with zero attached hydrogens (tertiary/aromatic N) is 5. The van der Waals surface area contributed by atoms with Gasteiger partial charge in [0, 0.05) is 49.7 Å². The maximum absolute atomic E-state index is 13.6. The van der Waals surface area contributed by atoms with E-state index in [-0.39, 0.29) is 27.8 Å². The van der Waals surface area contributed by atoms with Gasteiger partial charge in [-0.15, -0.1) is 0 Å². The topological polar surface area (TPSA) is 65.2 Å². The number of anilines is 2. The first-order chi connectivity index (χ1) is 15.6. The van der Waals surface area contributed by atoms with E-state index in [9.17, 15) is 14.4 Å². The molecular formula is C25H25ClFN5O. The highest BCUT2D eigenvalue weighted by molar-refractivity contribution is 6.29. The Morgan fingerprint density at radius 3 is 2.33 bits per heavy atom. The average Bonchev–Trinajstić information content (AvgIpc) is 3.13. The number of fused-ring (bicyclic) bond motifs is 2. The SMILES string of the molecule is Cc1cc(F)ccc1N1C[C@@]2(C)CN(c3c(C#N)c(=O)n(C)c4ccc(Cl)nc34)C[C@@]2(C)C1. The van der Waals surface area contributed by atoms with Crippen molar-refractivity contribution in [1.82, 2.24) is 9.55 Å². The Balaban J connectivity index is 1.58. The molecule has 0 unspecified atom stereocenters. The number of nitriles is 1. The molecule has 0 aliphatic carbocycles. The molecule has 6 nitrogen and oxygen atoms in total. The third-order valence-electron chi connectivity index (χ3n) is 7.72. The van der Waals surface area contributed by atoms with Crippen LogP contribution in [0.5, 0.6) is 0 Å². The number of benzene rings is 1. The summed E-state index contributed by atoms with van der Waals surface area (Å²) < 4.78 is 15.1. The third kappa shape index (κ3) is 3.12. The van der Waals surface area contributed by atoms with Gasteiger partial charge in [-0.2, -0.15) is 5.26 Å². The van der Waals surface area contributed by atoms with Crippen molar-refractivity contribution in [2.45, 2.75) is 20.8 Å². The van der Waals surface area contributed by atoms with Crippen LogP contribution in [0.1, 0.15) is 25.0 Å². The Hall–Kier alpha value is -3.11. The second kappa shape index (κ2) is 7.19. The molecule has 1 aromatic carbocycles. The second-order valence-electron chi connectivity index (χ2n) is 9.97. The Kier molecular flexibility index (Phi) is 4.74. The summed E-state index contributed by atoms with van der Waals surface area (Å²) in [5.74, 6) is -0.230. The first-order valence-electron chi connectivity index (χ1n) is 10.9. The lowest BCUT2D eigenvalue weighted by Crippen LogP contribution is -2.34. The van der Waals surface area contributed by atoms with Gasteiger partial charge in [0.1, 0.15) is 28.1 Å². The van der Waals surface area contributed by atoms with Crippen molar-refractivity contribution >= 4 is 34.0 Å². The van der Waals surface area contributed by atoms with Crippen LogP contribution in [0.4, 0.5) is 15.8 Å². The normalized spacial score (nSPS) is 24.4. The van der Waals surface area contributed by atoms with Gasteiger partial charge in [0.2, 0.25) is 0 Å². The molecule has 8 heteroatoms. The Morgan fingerprint density at radius 1 is 1.09 bits per heavy atom. The van der Waals surface area contributed by atoms with E-state index in [0.29, 0.717) is 35.0 Å². The number of hydrogen-bond donors (Lipinski definition) is 0. The number of hydrogen-bond acceptors (Lipinski definition) is 5. The highest BCUT2D eigenvalue weighted by atomic mass is 35.5. The van der Waals surface area contributed by atoms with E-state index >= 15 is 0 Å². The van der Waals surface area contributed by atoms with Crippen LogP contribution in [0.2, 0.25) is 5.15 Å². The van der Waals surface area contributed by atoms with Gasteiger partial charge < -0.3 is 14.4 Å². The zero-order valence-corrected chi connectivity index (χ0v) is 19.9. The van der Waals surface area contributed by atoms with Gasteiger partial charge >= 0.3 is 0 Å². The standard InChI is InChI=1S/C25H25ClFN5O/c1-15-9-16(27)5-6-18(15)31-11-24(2)13-32(14-25(24,3)12-31)22-17(10-28)23(33)30(4)19-7-8-20(26)29-21(19)22/h5-9H,11-14H2,1-4H3/t24-,25+. The van der Waals surface area contributed by atoms with Crippen LogP contribution in [-0.2, 0) is 7.05 Å². The van der Waals surface area contributed by atoms with Gasteiger partial charge in [0.15, 0.2) is 0 Å². The van der Waals surface area contributed by atoms with Crippen molar-refractivity contribution in [2.75, 3.05) is 36.0 Å². The highest BCUT2D eigenvalue weighted by Gasteiger charge is 2.58. The van der Waals surface area contributed by atoms with Gasteiger partial charge in [-0.3, -0.25) is 4.79 Å². The van der Waals surface area contributed by atoms with Crippen LogP contribution in [0.15, 0.2) is 35.1 Å². The molecule has 2 aliphatic rings. The maximum Gasteiger partial charge on any atom is 0.270 e. The number of aryl methyl sites for hydroxylation is 2. The number of pyridine rings is 2. The number of halogens is 2. The van der Waals surface area contributed by atoms with E-state index in [4.69, 9.17) is 11.6 Å². The fraction of sp³-hybridized carbons (Fsp3) is 0.400. The van der Waals surface area contributed by atoms with Crippen LogP contribution < -0.4 is 15.4 Å². The Morgan fingerprint density at radius 2 is 1.73 bits per heavy atom. The fourth-order valence-corrected chi connectivity index (χ4v) is 5.89. The average molecular weight is 466 g/mol. The molecule has 5 rings (SSSR count). The lowest BCUT2D eigenvalue weighted by Gasteiger charge is -2.30. The number of aromatic nitrogens is 2. The van der Waals surface area contributed by atoms with Gasteiger partial charge in [-0.1, -0.05) is 25.4 Å². The van der Waals surface area contributed by atoms with E-state index in [1.165, 1.54) is 10.6 Å². The molecular weight excluding hydrogens is 441 g/mol. The number of rotatable bonds is 2. The quantitative estimate of drug-likeness (QED) is 0.529. The lowest BCUT2D eigenvalue weighted by atomic mass is 9.71. The molecule has 0 bridgehead atoms. The summed E-state index contributed by atoms with van der Waals surface area (Å²) in [4.78, 5) is 22.0. The summed E-state index contributed by atoms with van der Waals surface area (Å²) in [6.45, 7) is 9.38.